The number of hydrogen-bond acceptors (Lipinski definition) is 5. The van der Waals surface area contributed by atoms with Gasteiger partial charge in [-0.15, -0.1) is 0 Å². The number of aromatic nitrogens is 1. The van der Waals surface area contributed by atoms with Crippen molar-refractivity contribution in [2.75, 3.05) is 13.1 Å². The summed E-state index contributed by atoms with van der Waals surface area (Å²) < 4.78 is 42.6. The summed E-state index contributed by atoms with van der Waals surface area (Å²) >= 11 is 0. The summed E-state index contributed by atoms with van der Waals surface area (Å²) in [4.78, 5) is 3.33. The van der Waals surface area contributed by atoms with E-state index in [0.29, 0.717) is 0 Å². The van der Waals surface area contributed by atoms with Crippen LogP contribution >= 0.6 is 0 Å². The van der Waals surface area contributed by atoms with Crippen LogP contribution in [0, 0.1) is 0 Å². The molecule has 1 saturated heterocycles. The minimum Gasteiger partial charge on any atom is -0.470 e. The van der Waals surface area contributed by atoms with Crippen LogP contribution < -0.4 is 10.1 Å². The van der Waals surface area contributed by atoms with Crippen molar-refractivity contribution in [3.63, 3.8) is 0 Å². The first kappa shape index (κ1) is 14.0. The first-order chi connectivity index (χ1) is 8.88. The Balaban J connectivity index is 2.11. The molecule has 0 saturated carbocycles. The van der Waals surface area contributed by atoms with Gasteiger partial charge in [-0.2, -0.15) is 13.2 Å². The van der Waals surface area contributed by atoms with E-state index in [1.54, 1.807) is 0 Å². The Morgan fingerprint density at radius 2 is 2.00 bits per heavy atom. The minimum atomic E-state index is -4.55. The summed E-state index contributed by atoms with van der Waals surface area (Å²) in [6.07, 6.45) is -7.59. The number of ether oxygens (including phenoxy) is 1. The Kier molecular flexibility index (Phi) is 3.93. The highest BCUT2D eigenvalue weighted by Crippen LogP contribution is 2.29. The number of β-amino-alcohol motifs (C(OH)–C–C–N with tert-alkyl or cyclic N) is 1. The second kappa shape index (κ2) is 5.32. The van der Waals surface area contributed by atoms with E-state index >= 15 is 0 Å². The van der Waals surface area contributed by atoms with E-state index in [9.17, 15) is 23.4 Å². The molecule has 0 unspecified atom stereocenters. The number of nitrogens with one attached hydrogen (secondary N) is 1. The number of hydrogen-bond donors (Lipinski definition) is 3. The molecule has 1 aliphatic rings. The number of aliphatic hydroxyl groups excluding tert-OH is 2. The molecule has 3 atom stereocenters. The maximum absolute atomic E-state index is 12.5. The number of pyridine rings is 1. The lowest BCUT2D eigenvalue weighted by molar-refractivity contribution is -0.141. The second-order valence-electron chi connectivity index (χ2n) is 4.23. The van der Waals surface area contributed by atoms with Crippen molar-refractivity contribution in [3.8, 4) is 5.88 Å². The Labute approximate surface area is 107 Å². The van der Waals surface area contributed by atoms with Crippen LogP contribution in [-0.4, -0.2) is 46.6 Å². The van der Waals surface area contributed by atoms with Gasteiger partial charge in [0.1, 0.15) is 17.9 Å². The van der Waals surface area contributed by atoms with Gasteiger partial charge in [-0.3, -0.25) is 0 Å². The Morgan fingerprint density at radius 1 is 1.26 bits per heavy atom. The summed E-state index contributed by atoms with van der Waals surface area (Å²) in [5.41, 5.74) is -1.07. The molecule has 1 aromatic heterocycles. The number of rotatable bonds is 2. The first-order valence-electron chi connectivity index (χ1n) is 5.65. The average Bonchev–Trinajstić information content (AvgIpc) is 2.34. The zero-order valence-corrected chi connectivity index (χ0v) is 9.76. The molecule has 2 heterocycles. The van der Waals surface area contributed by atoms with Crippen LogP contribution in [0.2, 0.25) is 0 Å². The standard InChI is InChI=1S/C11H13F3N2O3/c12-11(13,14)8-2-1-3-9(16-8)19-7-5-15-4-6(17)10(7)18/h1-3,6-7,10,15,17-18H,4-5H2/t6-,7-,10-/m0/s1. The monoisotopic (exact) mass is 278 g/mol. The van der Waals surface area contributed by atoms with Gasteiger partial charge in [0.25, 0.3) is 0 Å². The summed E-state index contributed by atoms with van der Waals surface area (Å²) in [6.45, 7) is 0.424. The topological polar surface area (TPSA) is 74.6 Å². The van der Waals surface area contributed by atoms with E-state index in [0.717, 1.165) is 6.07 Å². The zero-order chi connectivity index (χ0) is 14.0. The molecular formula is C11H13F3N2O3. The predicted molar refractivity (Wildman–Crippen MR) is 58.5 cm³/mol. The molecule has 0 spiro atoms. The normalized spacial score (nSPS) is 28.2. The molecule has 0 radical (unpaired) electrons. The number of alkyl halides is 3. The van der Waals surface area contributed by atoms with Crippen molar-refractivity contribution in [2.24, 2.45) is 0 Å². The lowest BCUT2D eigenvalue weighted by Crippen LogP contribution is -2.55. The highest BCUT2D eigenvalue weighted by molar-refractivity contribution is 5.18. The van der Waals surface area contributed by atoms with Crippen LogP contribution in [0.3, 0.4) is 0 Å². The van der Waals surface area contributed by atoms with Crippen LogP contribution in [0.5, 0.6) is 5.88 Å². The molecule has 0 amide bonds. The van der Waals surface area contributed by atoms with Gasteiger partial charge < -0.3 is 20.3 Å². The van der Waals surface area contributed by atoms with Crippen molar-refractivity contribution in [2.45, 2.75) is 24.5 Å². The maximum atomic E-state index is 12.5. The fourth-order valence-corrected chi connectivity index (χ4v) is 1.77. The van der Waals surface area contributed by atoms with Crippen molar-refractivity contribution in [3.05, 3.63) is 23.9 Å². The molecule has 1 aromatic rings. The van der Waals surface area contributed by atoms with Gasteiger partial charge in [0.2, 0.25) is 5.88 Å². The van der Waals surface area contributed by atoms with E-state index in [1.165, 1.54) is 12.1 Å². The third-order valence-electron chi connectivity index (χ3n) is 2.76. The molecule has 0 aliphatic carbocycles. The van der Waals surface area contributed by atoms with Crippen molar-refractivity contribution >= 4 is 0 Å². The number of piperidine rings is 1. The maximum Gasteiger partial charge on any atom is 0.433 e. The van der Waals surface area contributed by atoms with E-state index in [4.69, 9.17) is 4.74 Å². The van der Waals surface area contributed by atoms with E-state index in [-0.39, 0.29) is 19.0 Å². The summed E-state index contributed by atoms with van der Waals surface area (Å²) in [5, 5.41) is 21.9. The molecular weight excluding hydrogens is 265 g/mol. The van der Waals surface area contributed by atoms with Crippen LogP contribution in [-0.2, 0) is 6.18 Å². The molecule has 3 N–H and O–H groups in total. The Hall–Kier alpha value is -1.38. The number of nitrogens with zero attached hydrogens (tertiary/aromatic N) is 1. The lowest BCUT2D eigenvalue weighted by Gasteiger charge is -2.32. The summed E-state index contributed by atoms with van der Waals surface area (Å²) in [6, 6.07) is 3.27. The van der Waals surface area contributed by atoms with Gasteiger partial charge in [0, 0.05) is 19.2 Å². The fraction of sp³-hybridized carbons (Fsp3) is 0.545. The van der Waals surface area contributed by atoms with Crippen molar-refractivity contribution in [1.29, 1.82) is 0 Å². The quantitative estimate of drug-likeness (QED) is 0.719. The molecule has 0 bridgehead atoms. The van der Waals surface area contributed by atoms with Gasteiger partial charge >= 0.3 is 6.18 Å². The Bertz CT molecular complexity index is 441. The molecule has 0 aromatic carbocycles. The van der Waals surface area contributed by atoms with E-state index < -0.39 is 30.2 Å². The molecule has 2 rings (SSSR count). The highest BCUT2D eigenvalue weighted by atomic mass is 19.4. The van der Waals surface area contributed by atoms with Crippen molar-refractivity contribution < 1.29 is 28.1 Å². The minimum absolute atomic E-state index is 0.205. The molecule has 106 valence electrons. The molecule has 1 aliphatic heterocycles. The van der Waals surface area contributed by atoms with Gasteiger partial charge in [0.05, 0.1) is 6.10 Å². The van der Waals surface area contributed by atoms with E-state index in [1.807, 2.05) is 0 Å². The van der Waals surface area contributed by atoms with Gasteiger partial charge in [-0.1, -0.05) is 6.07 Å². The second-order valence-corrected chi connectivity index (χ2v) is 4.23. The van der Waals surface area contributed by atoms with Gasteiger partial charge in [0.15, 0.2) is 0 Å². The number of halogens is 3. The lowest BCUT2D eigenvalue weighted by atomic mass is 10.0. The largest absolute Gasteiger partial charge is 0.470 e. The highest BCUT2D eigenvalue weighted by Gasteiger charge is 2.34. The van der Waals surface area contributed by atoms with Crippen LogP contribution in [0.1, 0.15) is 5.69 Å². The molecule has 1 fully saturated rings. The molecule has 19 heavy (non-hydrogen) atoms. The summed E-state index contributed by atoms with van der Waals surface area (Å²) in [7, 11) is 0. The number of aliphatic hydroxyl groups is 2. The van der Waals surface area contributed by atoms with Crippen molar-refractivity contribution in [1.82, 2.24) is 10.3 Å². The average molecular weight is 278 g/mol. The summed E-state index contributed by atoms with van der Waals surface area (Å²) in [5.74, 6) is -0.241. The van der Waals surface area contributed by atoms with Crippen LogP contribution in [0.15, 0.2) is 18.2 Å². The smallest absolute Gasteiger partial charge is 0.433 e. The third kappa shape index (κ3) is 3.34. The fourth-order valence-electron chi connectivity index (χ4n) is 1.77. The Morgan fingerprint density at radius 3 is 2.68 bits per heavy atom. The molecule has 8 heteroatoms. The third-order valence-corrected chi connectivity index (χ3v) is 2.76. The van der Waals surface area contributed by atoms with Gasteiger partial charge in [-0.25, -0.2) is 4.98 Å². The SMILES string of the molecule is O[C@@H]1[C@@H](Oc2cccc(C(F)(F)F)n2)CNC[C@@H]1O. The first-order valence-corrected chi connectivity index (χ1v) is 5.65. The predicted octanol–water partition coefficient (Wildman–Crippen LogP) is 0.173. The van der Waals surface area contributed by atoms with E-state index in [2.05, 4.69) is 10.3 Å². The zero-order valence-electron chi connectivity index (χ0n) is 9.76. The van der Waals surface area contributed by atoms with Gasteiger partial charge in [-0.05, 0) is 6.07 Å². The van der Waals surface area contributed by atoms with Crippen LogP contribution in [0.4, 0.5) is 13.2 Å². The molecule has 5 nitrogen and oxygen atoms in total. The van der Waals surface area contributed by atoms with Crippen LogP contribution in [0.25, 0.3) is 0 Å².